The van der Waals surface area contributed by atoms with Crippen molar-refractivity contribution < 1.29 is 9.59 Å². The Morgan fingerprint density at radius 2 is 1.86 bits per heavy atom. The SMILES string of the molecule is CC(C)CC(=O)C[C@H]1c2ccccc2C(=O)N1c1ccc2ccc(Cl)nc2n1. The van der Waals surface area contributed by atoms with Crippen molar-refractivity contribution >= 4 is 40.1 Å². The van der Waals surface area contributed by atoms with Crippen LogP contribution in [0.2, 0.25) is 5.15 Å². The van der Waals surface area contributed by atoms with Gasteiger partial charge in [0.15, 0.2) is 5.65 Å². The summed E-state index contributed by atoms with van der Waals surface area (Å²) in [6, 6.07) is 14.3. The van der Waals surface area contributed by atoms with Gasteiger partial charge in [0.1, 0.15) is 16.8 Å². The zero-order valence-electron chi connectivity index (χ0n) is 15.7. The van der Waals surface area contributed by atoms with E-state index in [4.69, 9.17) is 11.6 Å². The first-order valence-corrected chi connectivity index (χ1v) is 9.69. The quantitative estimate of drug-likeness (QED) is 0.573. The molecule has 1 aliphatic heterocycles. The van der Waals surface area contributed by atoms with Crippen LogP contribution in [0.25, 0.3) is 11.0 Å². The summed E-state index contributed by atoms with van der Waals surface area (Å²) < 4.78 is 0. The highest BCUT2D eigenvalue weighted by atomic mass is 35.5. The Bertz CT molecular complexity index is 1080. The van der Waals surface area contributed by atoms with Crippen LogP contribution < -0.4 is 4.90 Å². The minimum absolute atomic E-state index is 0.136. The van der Waals surface area contributed by atoms with Crippen LogP contribution in [0.4, 0.5) is 5.82 Å². The lowest BCUT2D eigenvalue weighted by molar-refractivity contribution is -0.120. The maximum absolute atomic E-state index is 13.1. The fraction of sp³-hybridized carbons (Fsp3) is 0.273. The highest BCUT2D eigenvalue weighted by Gasteiger charge is 2.39. The summed E-state index contributed by atoms with van der Waals surface area (Å²) in [6.07, 6.45) is 0.757. The number of pyridine rings is 2. The third-order valence-corrected chi connectivity index (χ3v) is 5.10. The molecule has 0 spiro atoms. The van der Waals surface area contributed by atoms with E-state index in [0.29, 0.717) is 28.6 Å². The van der Waals surface area contributed by atoms with Gasteiger partial charge in [-0.3, -0.25) is 14.5 Å². The number of aromatic nitrogens is 2. The molecule has 4 rings (SSSR count). The van der Waals surface area contributed by atoms with Crippen molar-refractivity contribution in [2.75, 3.05) is 4.90 Å². The van der Waals surface area contributed by atoms with Crippen LogP contribution in [0.5, 0.6) is 0 Å². The molecule has 0 saturated carbocycles. The molecule has 6 heteroatoms. The lowest BCUT2D eigenvalue weighted by Crippen LogP contribution is -2.30. The Balaban J connectivity index is 1.77. The number of anilines is 1. The molecular formula is C22H20ClN3O2. The molecule has 1 amide bonds. The molecule has 0 N–H and O–H groups in total. The van der Waals surface area contributed by atoms with E-state index in [9.17, 15) is 9.59 Å². The number of nitrogens with zero attached hydrogens (tertiary/aromatic N) is 3. The fourth-order valence-corrected chi connectivity index (χ4v) is 3.86. The third kappa shape index (κ3) is 3.38. The van der Waals surface area contributed by atoms with Crippen molar-refractivity contribution in [3.05, 3.63) is 64.8 Å². The predicted molar refractivity (Wildman–Crippen MR) is 110 cm³/mol. The average Bonchev–Trinajstić information content (AvgIpc) is 2.92. The van der Waals surface area contributed by atoms with Crippen molar-refractivity contribution in [3.8, 4) is 0 Å². The number of fused-ring (bicyclic) bond motifs is 2. The molecule has 0 unspecified atom stereocenters. The molecule has 3 aromatic rings. The maximum Gasteiger partial charge on any atom is 0.260 e. The lowest BCUT2D eigenvalue weighted by Gasteiger charge is -2.24. The molecular weight excluding hydrogens is 374 g/mol. The molecule has 0 saturated heterocycles. The molecule has 0 bridgehead atoms. The summed E-state index contributed by atoms with van der Waals surface area (Å²) in [6.45, 7) is 4.04. The van der Waals surface area contributed by atoms with E-state index in [1.54, 1.807) is 23.1 Å². The zero-order valence-corrected chi connectivity index (χ0v) is 16.5. The minimum atomic E-state index is -0.362. The van der Waals surface area contributed by atoms with Gasteiger partial charge in [0, 0.05) is 23.8 Å². The van der Waals surface area contributed by atoms with E-state index in [-0.39, 0.29) is 30.1 Å². The molecule has 0 radical (unpaired) electrons. The Labute approximate surface area is 168 Å². The molecule has 5 nitrogen and oxygen atoms in total. The number of benzene rings is 1. The predicted octanol–water partition coefficient (Wildman–Crippen LogP) is 4.99. The highest BCUT2D eigenvalue weighted by molar-refractivity contribution is 6.29. The number of Topliss-reactive ketones (excluding diaryl/α,β-unsaturated/α-hetero) is 1. The van der Waals surface area contributed by atoms with Gasteiger partial charge in [-0.1, -0.05) is 43.6 Å². The van der Waals surface area contributed by atoms with Crippen molar-refractivity contribution in [3.63, 3.8) is 0 Å². The Kier molecular flexibility index (Phi) is 4.85. The summed E-state index contributed by atoms with van der Waals surface area (Å²) in [5.74, 6) is 0.743. The van der Waals surface area contributed by atoms with Crippen LogP contribution in [0.1, 0.15) is 48.7 Å². The highest BCUT2D eigenvalue weighted by Crippen LogP contribution is 2.39. The number of carbonyl (C=O) groups excluding carboxylic acids is 2. The molecule has 1 aromatic carbocycles. The molecule has 1 atom stereocenters. The Morgan fingerprint density at radius 3 is 2.64 bits per heavy atom. The minimum Gasteiger partial charge on any atom is -0.300 e. The topological polar surface area (TPSA) is 63.2 Å². The Morgan fingerprint density at radius 1 is 1.11 bits per heavy atom. The summed E-state index contributed by atoms with van der Waals surface area (Å²) in [5.41, 5.74) is 1.96. The largest absolute Gasteiger partial charge is 0.300 e. The summed E-state index contributed by atoms with van der Waals surface area (Å²) in [5, 5.41) is 1.18. The second-order valence-corrected chi connectivity index (χ2v) is 7.86. The monoisotopic (exact) mass is 393 g/mol. The standard InChI is InChI=1S/C22H20ClN3O2/c1-13(2)11-15(27)12-18-16-5-3-4-6-17(16)22(28)26(18)20-10-8-14-7-9-19(23)24-21(14)25-20/h3-10,13,18H,11-12H2,1-2H3/t18-/m0/s1. The zero-order chi connectivity index (χ0) is 19.8. The van der Waals surface area contributed by atoms with Crippen molar-refractivity contribution in [2.24, 2.45) is 5.92 Å². The second-order valence-electron chi connectivity index (χ2n) is 7.47. The Hall–Kier alpha value is -2.79. The first-order valence-electron chi connectivity index (χ1n) is 9.31. The normalized spacial score (nSPS) is 16.1. The van der Waals surface area contributed by atoms with Gasteiger partial charge in [-0.05, 0) is 41.8 Å². The van der Waals surface area contributed by atoms with Crippen LogP contribution >= 0.6 is 11.6 Å². The van der Waals surface area contributed by atoms with Gasteiger partial charge in [-0.15, -0.1) is 0 Å². The van der Waals surface area contributed by atoms with Crippen LogP contribution in [-0.4, -0.2) is 21.7 Å². The van der Waals surface area contributed by atoms with Gasteiger partial charge in [0.25, 0.3) is 5.91 Å². The number of hydrogen-bond donors (Lipinski definition) is 0. The van der Waals surface area contributed by atoms with Gasteiger partial charge in [-0.2, -0.15) is 0 Å². The summed E-state index contributed by atoms with van der Waals surface area (Å²) in [7, 11) is 0. The van der Waals surface area contributed by atoms with E-state index in [2.05, 4.69) is 9.97 Å². The second kappa shape index (κ2) is 7.32. The molecule has 28 heavy (non-hydrogen) atoms. The van der Waals surface area contributed by atoms with Gasteiger partial charge in [0.2, 0.25) is 0 Å². The molecule has 2 aromatic heterocycles. The molecule has 0 aliphatic carbocycles. The van der Waals surface area contributed by atoms with Gasteiger partial charge in [0.05, 0.1) is 6.04 Å². The van der Waals surface area contributed by atoms with Crippen LogP contribution in [-0.2, 0) is 4.79 Å². The summed E-state index contributed by atoms with van der Waals surface area (Å²) >= 11 is 6.00. The van der Waals surface area contributed by atoms with Gasteiger partial charge >= 0.3 is 0 Å². The van der Waals surface area contributed by atoms with Crippen molar-refractivity contribution in [1.82, 2.24) is 9.97 Å². The number of amides is 1. The van der Waals surface area contributed by atoms with Crippen LogP contribution in [0, 0.1) is 5.92 Å². The molecule has 3 heterocycles. The molecule has 1 aliphatic rings. The van der Waals surface area contributed by atoms with E-state index >= 15 is 0 Å². The average molecular weight is 394 g/mol. The first kappa shape index (κ1) is 18.6. The number of ketones is 1. The van der Waals surface area contributed by atoms with Crippen LogP contribution in [0.15, 0.2) is 48.5 Å². The van der Waals surface area contributed by atoms with Gasteiger partial charge in [-0.25, -0.2) is 9.97 Å². The number of carbonyl (C=O) groups is 2. The van der Waals surface area contributed by atoms with Crippen LogP contribution in [0.3, 0.4) is 0 Å². The molecule has 142 valence electrons. The fourth-order valence-electron chi connectivity index (χ4n) is 3.71. The maximum atomic E-state index is 13.1. The van der Waals surface area contributed by atoms with E-state index < -0.39 is 0 Å². The van der Waals surface area contributed by atoms with Crippen molar-refractivity contribution in [1.29, 1.82) is 0 Å². The molecule has 0 fully saturated rings. The van der Waals surface area contributed by atoms with E-state index in [1.807, 2.05) is 44.2 Å². The first-order chi connectivity index (χ1) is 13.4. The lowest BCUT2D eigenvalue weighted by atomic mass is 9.96. The summed E-state index contributed by atoms with van der Waals surface area (Å²) in [4.78, 5) is 36.2. The van der Waals surface area contributed by atoms with Crippen molar-refractivity contribution in [2.45, 2.75) is 32.7 Å². The number of halogens is 1. The number of hydrogen-bond acceptors (Lipinski definition) is 4. The van der Waals surface area contributed by atoms with Gasteiger partial charge < -0.3 is 0 Å². The third-order valence-electron chi connectivity index (χ3n) is 4.89. The van der Waals surface area contributed by atoms with E-state index in [1.165, 1.54) is 0 Å². The van der Waals surface area contributed by atoms with E-state index in [0.717, 1.165) is 10.9 Å². The number of rotatable bonds is 5. The smallest absolute Gasteiger partial charge is 0.260 e.